The van der Waals surface area contributed by atoms with Crippen molar-refractivity contribution in [1.82, 2.24) is 19.8 Å². The highest BCUT2D eigenvalue weighted by Gasteiger charge is 2.20. The number of rotatable bonds is 6. The largest absolute Gasteiger partial charge is 0.439 e. The van der Waals surface area contributed by atoms with Crippen molar-refractivity contribution >= 4 is 17.4 Å². The number of morpholine rings is 1. The van der Waals surface area contributed by atoms with Gasteiger partial charge in [-0.2, -0.15) is 0 Å². The van der Waals surface area contributed by atoms with Crippen LogP contribution in [0, 0.1) is 0 Å². The molecule has 0 aliphatic carbocycles. The van der Waals surface area contributed by atoms with Crippen LogP contribution in [0.2, 0.25) is 5.02 Å². The maximum absolute atomic E-state index is 5.92. The van der Waals surface area contributed by atoms with Crippen molar-refractivity contribution in [1.29, 1.82) is 0 Å². The van der Waals surface area contributed by atoms with Crippen LogP contribution >= 0.6 is 11.6 Å². The van der Waals surface area contributed by atoms with Gasteiger partial charge in [0, 0.05) is 63.4 Å². The van der Waals surface area contributed by atoms with Gasteiger partial charge >= 0.3 is 0 Å². The molecule has 4 rings (SSSR count). The minimum absolute atomic E-state index is 0.544. The van der Waals surface area contributed by atoms with Gasteiger partial charge in [0.2, 0.25) is 5.88 Å². The van der Waals surface area contributed by atoms with Crippen LogP contribution in [0.3, 0.4) is 0 Å². The number of hydrogen-bond acceptors (Lipinski definition) is 7. The molecule has 0 saturated carbocycles. The van der Waals surface area contributed by atoms with Gasteiger partial charge in [-0.1, -0.05) is 11.6 Å². The summed E-state index contributed by atoms with van der Waals surface area (Å²) >= 11 is 5.92. The topological polar surface area (TPSA) is 54.0 Å². The van der Waals surface area contributed by atoms with Crippen LogP contribution in [0.4, 0.5) is 5.82 Å². The van der Waals surface area contributed by atoms with Crippen LogP contribution in [0.1, 0.15) is 0 Å². The summed E-state index contributed by atoms with van der Waals surface area (Å²) in [6.45, 7) is 10.1. The Bertz CT molecular complexity index is 747. The lowest BCUT2D eigenvalue weighted by Gasteiger charge is -2.36. The molecular weight excluding hydrogens is 378 g/mol. The van der Waals surface area contributed by atoms with Crippen molar-refractivity contribution in [3.8, 4) is 11.6 Å². The quantitative estimate of drug-likeness (QED) is 0.733. The van der Waals surface area contributed by atoms with E-state index in [1.807, 2.05) is 18.2 Å². The number of hydrogen-bond donors (Lipinski definition) is 0. The average molecular weight is 404 g/mol. The molecule has 1 aromatic heterocycles. The number of nitrogens with zero attached hydrogens (tertiary/aromatic N) is 5. The Morgan fingerprint density at radius 1 is 0.893 bits per heavy atom. The zero-order valence-corrected chi connectivity index (χ0v) is 16.7. The van der Waals surface area contributed by atoms with Crippen molar-refractivity contribution in [3.05, 3.63) is 41.7 Å². The highest BCUT2D eigenvalue weighted by molar-refractivity contribution is 6.30. The first kappa shape index (κ1) is 19.4. The van der Waals surface area contributed by atoms with E-state index >= 15 is 0 Å². The minimum Gasteiger partial charge on any atom is -0.439 e. The molecule has 2 aliphatic heterocycles. The molecule has 0 N–H and O–H groups in total. The highest BCUT2D eigenvalue weighted by Crippen LogP contribution is 2.24. The van der Waals surface area contributed by atoms with Crippen LogP contribution in [0.5, 0.6) is 11.6 Å². The third kappa shape index (κ3) is 5.32. The Labute approximate surface area is 170 Å². The van der Waals surface area contributed by atoms with Crippen LogP contribution in [0.15, 0.2) is 36.7 Å². The third-order valence-corrected chi connectivity index (χ3v) is 5.45. The molecule has 2 aliphatic rings. The van der Waals surface area contributed by atoms with E-state index in [1.54, 1.807) is 18.5 Å². The Morgan fingerprint density at radius 3 is 2.29 bits per heavy atom. The second-order valence-electron chi connectivity index (χ2n) is 7.05. The monoisotopic (exact) mass is 403 g/mol. The fraction of sp³-hybridized carbons (Fsp3) is 0.500. The Morgan fingerprint density at radius 2 is 1.57 bits per heavy atom. The summed E-state index contributed by atoms with van der Waals surface area (Å²) in [4.78, 5) is 16.0. The first-order chi connectivity index (χ1) is 13.8. The molecule has 1 aromatic carbocycles. The molecular formula is C20H26ClN5O2. The van der Waals surface area contributed by atoms with Crippen molar-refractivity contribution < 1.29 is 9.47 Å². The maximum atomic E-state index is 5.92. The van der Waals surface area contributed by atoms with E-state index in [0.717, 1.165) is 71.4 Å². The maximum Gasteiger partial charge on any atom is 0.224 e. The minimum atomic E-state index is 0.544. The summed E-state index contributed by atoms with van der Waals surface area (Å²) in [5.41, 5.74) is 0. The second-order valence-corrected chi connectivity index (χ2v) is 7.49. The highest BCUT2D eigenvalue weighted by atomic mass is 35.5. The molecule has 0 bridgehead atoms. The lowest BCUT2D eigenvalue weighted by molar-refractivity contribution is 0.0331. The number of halogens is 1. The fourth-order valence-corrected chi connectivity index (χ4v) is 3.62. The predicted octanol–water partition coefficient (Wildman–Crippen LogP) is 2.38. The van der Waals surface area contributed by atoms with E-state index < -0.39 is 0 Å². The number of piperazine rings is 1. The Kier molecular flexibility index (Phi) is 6.59. The van der Waals surface area contributed by atoms with Crippen LogP contribution in [0.25, 0.3) is 0 Å². The van der Waals surface area contributed by atoms with Crippen molar-refractivity contribution in [3.63, 3.8) is 0 Å². The van der Waals surface area contributed by atoms with Gasteiger partial charge in [-0.25, -0.2) is 9.97 Å². The van der Waals surface area contributed by atoms with E-state index in [2.05, 4.69) is 24.7 Å². The molecule has 8 heteroatoms. The van der Waals surface area contributed by atoms with E-state index in [-0.39, 0.29) is 0 Å². The van der Waals surface area contributed by atoms with Gasteiger partial charge in [-0.05, 0) is 24.3 Å². The zero-order chi connectivity index (χ0) is 19.2. The van der Waals surface area contributed by atoms with E-state index in [0.29, 0.717) is 16.7 Å². The summed E-state index contributed by atoms with van der Waals surface area (Å²) in [5.74, 6) is 2.16. The zero-order valence-electron chi connectivity index (χ0n) is 16.0. The Balaban J connectivity index is 1.27. The SMILES string of the molecule is Clc1ccc(Oc2cc(N3CCN(CCN4CCOCC4)CC3)ncn2)cc1. The average Bonchev–Trinajstić information content (AvgIpc) is 2.75. The molecule has 2 aromatic rings. The molecule has 0 radical (unpaired) electrons. The number of anilines is 1. The summed E-state index contributed by atoms with van der Waals surface area (Å²) in [5, 5.41) is 0.683. The van der Waals surface area contributed by atoms with Gasteiger partial charge in [0.05, 0.1) is 13.2 Å². The summed E-state index contributed by atoms with van der Waals surface area (Å²) in [7, 11) is 0. The van der Waals surface area contributed by atoms with Gasteiger partial charge in [-0.15, -0.1) is 0 Å². The van der Waals surface area contributed by atoms with Gasteiger partial charge < -0.3 is 14.4 Å². The summed E-state index contributed by atoms with van der Waals surface area (Å²) in [6.07, 6.45) is 1.56. The van der Waals surface area contributed by atoms with E-state index in [4.69, 9.17) is 21.1 Å². The number of benzene rings is 1. The predicted molar refractivity (Wildman–Crippen MR) is 109 cm³/mol. The van der Waals surface area contributed by atoms with Gasteiger partial charge in [-0.3, -0.25) is 9.80 Å². The van der Waals surface area contributed by atoms with Crippen molar-refractivity contribution in [2.24, 2.45) is 0 Å². The van der Waals surface area contributed by atoms with Crippen LogP contribution < -0.4 is 9.64 Å². The molecule has 0 amide bonds. The standard InChI is InChI=1S/C20H26ClN5O2/c21-17-1-3-18(4-2-17)28-20-15-19(22-16-23-20)26-9-7-24(8-10-26)5-6-25-11-13-27-14-12-25/h1-4,15-16H,5-14H2. The van der Waals surface area contributed by atoms with Gasteiger partial charge in [0.1, 0.15) is 17.9 Å². The summed E-state index contributed by atoms with van der Waals surface area (Å²) in [6, 6.07) is 9.16. The molecule has 150 valence electrons. The number of aromatic nitrogens is 2. The van der Waals surface area contributed by atoms with Crippen LogP contribution in [-0.4, -0.2) is 85.3 Å². The molecule has 2 saturated heterocycles. The molecule has 28 heavy (non-hydrogen) atoms. The smallest absolute Gasteiger partial charge is 0.224 e. The molecule has 3 heterocycles. The van der Waals surface area contributed by atoms with Gasteiger partial charge in [0.25, 0.3) is 0 Å². The molecule has 0 spiro atoms. The van der Waals surface area contributed by atoms with Crippen molar-refractivity contribution in [2.75, 3.05) is 70.5 Å². The molecule has 2 fully saturated rings. The first-order valence-electron chi connectivity index (χ1n) is 9.79. The second kappa shape index (κ2) is 9.52. The third-order valence-electron chi connectivity index (χ3n) is 5.20. The van der Waals surface area contributed by atoms with Crippen LogP contribution in [-0.2, 0) is 4.74 Å². The Hall–Kier alpha value is -1.93. The first-order valence-corrected chi connectivity index (χ1v) is 10.2. The molecule has 0 unspecified atom stereocenters. The van der Waals surface area contributed by atoms with E-state index in [9.17, 15) is 0 Å². The van der Waals surface area contributed by atoms with E-state index in [1.165, 1.54) is 0 Å². The summed E-state index contributed by atoms with van der Waals surface area (Å²) < 4.78 is 11.2. The molecule has 7 nitrogen and oxygen atoms in total. The normalized spacial score (nSPS) is 19.0. The lowest BCUT2D eigenvalue weighted by atomic mass is 10.3. The van der Waals surface area contributed by atoms with Crippen molar-refractivity contribution in [2.45, 2.75) is 0 Å². The van der Waals surface area contributed by atoms with Gasteiger partial charge in [0.15, 0.2) is 0 Å². The number of ether oxygens (including phenoxy) is 2. The lowest BCUT2D eigenvalue weighted by Crippen LogP contribution is -2.49. The molecule has 0 atom stereocenters. The fourth-order valence-electron chi connectivity index (χ4n) is 3.49.